The Balaban J connectivity index is 1.74. The largest absolute Gasteiger partial charge is 0.378 e. The van der Waals surface area contributed by atoms with Gasteiger partial charge >= 0.3 is 0 Å². The summed E-state index contributed by atoms with van der Waals surface area (Å²) in [4.78, 5) is 18.3. The lowest BCUT2D eigenvalue weighted by Gasteiger charge is -2.32. The second-order valence-corrected chi connectivity index (χ2v) is 6.62. The first-order valence-electron chi connectivity index (χ1n) is 6.88. The molecule has 2 aliphatic heterocycles. The van der Waals surface area contributed by atoms with Crippen LogP contribution in [-0.2, 0) is 9.53 Å². The maximum absolute atomic E-state index is 11.9. The van der Waals surface area contributed by atoms with Crippen LogP contribution < -0.4 is 5.32 Å². The number of amidine groups is 1. The molecular weight excluding hydrogens is 262 g/mol. The predicted molar refractivity (Wildman–Crippen MR) is 78.6 cm³/mol. The summed E-state index contributed by atoms with van der Waals surface area (Å²) in [5.41, 5.74) is 0.123. The number of amides is 1. The molecule has 5 nitrogen and oxygen atoms in total. The van der Waals surface area contributed by atoms with Gasteiger partial charge in [0.1, 0.15) is 0 Å². The molecule has 19 heavy (non-hydrogen) atoms. The topological polar surface area (TPSA) is 53.9 Å². The van der Waals surface area contributed by atoms with E-state index >= 15 is 0 Å². The number of thioether (sulfide) groups is 1. The maximum atomic E-state index is 11.9. The van der Waals surface area contributed by atoms with Crippen LogP contribution in [0.4, 0.5) is 0 Å². The highest BCUT2D eigenvalue weighted by molar-refractivity contribution is 8.13. The molecule has 2 heterocycles. The van der Waals surface area contributed by atoms with Crippen molar-refractivity contribution in [2.75, 3.05) is 38.6 Å². The lowest BCUT2D eigenvalue weighted by molar-refractivity contribution is -0.135. The molecule has 108 valence electrons. The molecule has 0 unspecified atom stereocenters. The van der Waals surface area contributed by atoms with E-state index in [-0.39, 0.29) is 11.4 Å². The molecule has 2 fully saturated rings. The van der Waals surface area contributed by atoms with E-state index in [2.05, 4.69) is 24.2 Å². The van der Waals surface area contributed by atoms with Gasteiger partial charge < -0.3 is 15.0 Å². The van der Waals surface area contributed by atoms with Crippen LogP contribution in [0.3, 0.4) is 0 Å². The van der Waals surface area contributed by atoms with Crippen molar-refractivity contribution in [3.8, 4) is 0 Å². The molecule has 6 heteroatoms. The van der Waals surface area contributed by atoms with Crippen molar-refractivity contribution in [1.82, 2.24) is 10.2 Å². The zero-order chi connectivity index (χ0) is 13.7. The second-order valence-electron chi connectivity index (χ2n) is 5.54. The summed E-state index contributed by atoms with van der Waals surface area (Å²) < 4.78 is 5.24. The van der Waals surface area contributed by atoms with Crippen LogP contribution in [0.5, 0.6) is 0 Å². The fourth-order valence-corrected chi connectivity index (χ4v) is 3.44. The summed E-state index contributed by atoms with van der Waals surface area (Å²) in [6.07, 6.45) is 1.63. The highest BCUT2D eigenvalue weighted by Gasteiger charge is 2.24. The number of carbonyl (C=O) groups excluding carboxylic acids is 1. The lowest BCUT2D eigenvalue weighted by atomic mass is 10.0. The first-order chi connectivity index (χ1) is 9.07. The fourth-order valence-electron chi connectivity index (χ4n) is 2.10. The highest BCUT2D eigenvalue weighted by atomic mass is 32.2. The van der Waals surface area contributed by atoms with E-state index in [9.17, 15) is 4.79 Å². The number of nitrogens with zero attached hydrogens (tertiary/aromatic N) is 2. The van der Waals surface area contributed by atoms with Gasteiger partial charge in [0, 0.05) is 30.8 Å². The van der Waals surface area contributed by atoms with Gasteiger partial charge in [0.2, 0.25) is 5.91 Å². The van der Waals surface area contributed by atoms with Crippen molar-refractivity contribution >= 4 is 22.8 Å². The lowest BCUT2D eigenvalue weighted by Crippen LogP contribution is -2.46. The Hall–Kier alpha value is -0.750. The number of hydrogen-bond acceptors (Lipinski definition) is 4. The molecule has 2 saturated heterocycles. The zero-order valence-electron chi connectivity index (χ0n) is 11.8. The monoisotopic (exact) mass is 285 g/mol. The van der Waals surface area contributed by atoms with Gasteiger partial charge in [-0.3, -0.25) is 9.79 Å². The number of aliphatic imine (C=N–C) groups is 1. The molecule has 0 aromatic carbocycles. The van der Waals surface area contributed by atoms with Gasteiger partial charge in [-0.1, -0.05) is 11.8 Å². The minimum Gasteiger partial charge on any atom is -0.378 e. The van der Waals surface area contributed by atoms with Crippen molar-refractivity contribution in [2.24, 2.45) is 4.99 Å². The van der Waals surface area contributed by atoms with E-state index in [1.165, 1.54) is 0 Å². The Morgan fingerprint density at radius 3 is 2.89 bits per heavy atom. The van der Waals surface area contributed by atoms with E-state index in [0.29, 0.717) is 26.2 Å². The molecule has 1 N–H and O–H groups in total. The molecular formula is C13H23N3O2S. The Labute approximate surface area is 119 Å². The normalized spacial score (nSPS) is 25.2. The number of carbonyl (C=O) groups is 1. The second kappa shape index (κ2) is 6.61. The molecule has 0 atom stereocenters. The minimum atomic E-state index is 0.123. The quantitative estimate of drug-likeness (QED) is 0.843. The van der Waals surface area contributed by atoms with Crippen molar-refractivity contribution in [1.29, 1.82) is 0 Å². The van der Waals surface area contributed by atoms with Crippen LogP contribution in [0.2, 0.25) is 0 Å². The molecule has 2 rings (SSSR count). The van der Waals surface area contributed by atoms with Crippen molar-refractivity contribution in [3.05, 3.63) is 0 Å². The summed E-state index contributed by atoms with van der Waals surface area (Å²) in [6.45, 7) is 7.69. The molecule has 0 bridgehead atoms. The third-order valence-electron chi connectivity index (χ3n) is 3.36. The molecule has 0 aromatic heterocycles. The van der Waals surface area contributed by atoms with Crippen LogP contribution in [0.25, 0.3) is 0 Å². The number of morpholine rings is 1. The molecule has 0 radical (unpaired) electrons. The van der Waals surface area contributed by atoms with Crippen molar-refractivity contribution < 1.29 is 9.53 Å². The Bertz CT molecular complexity index is 352. The smallest absolute Gasteiger partial charge is 0.224 e. The standard InChI is InChI=1S/C13H23N3O2S/c1-13(2)4-10-19-12(15-13)14-5-3-11(17)16-6-8-18-9-7-16/h3-10H2,1-2H3,(H,14,15). The average molecular weight is 285 g/mol. The SMILES string of the molecule is CC1(C)CCSC(=NCCC(=O)N2CCOCC2)N1. The van der Waals surface area contributed by atoms with Gasteiger partial charge in [-0.15, -0.1) is 0 Å². The zero-order valence-corrected chi connectivity index (χ0v) is 12.6. The van der Waals surface area contributed by atoms with E-state index in [1.807, 2.05) is 4.90 Å². The average Bonchev–Trinajstić information content (AvgIpc) is 2.38. The number of rotatable bonds is 3. The van der Waals surface area contributed by atoms with Gasteiger partial charge in [0.15, 0.2) is 5.17 Å². The van der Waals surface area contributed by atoms with E-state index in [1.54, 1.807) is 11.8 Å². The Morgan fingerprint density at radius 1 is 1.47 bits per heavy atom. The van der Waals surface area contributed by atoms with Crippen LogP contribution in [-0.4, -0.2) is 60.1 Å². The maximum Gasteiger partial charge on any atom is 0.224 e. The predicted octanol–water partition coefficient (Wildman–Crippen LogP) is 1.10. The minimum absolute atomic E-state index is 0.123. The third-order valence-corrected chi connectivity index (χ3v) is 4.27. The van der Waals surface area contributed by atoms with E-state index < -0.39 is 0 Å². The van der Waals surface area contributed by atoms with Crippen LogP contribution in [0.15, 0.2) is 4.99 Å². The van der Waals surface area contributed by atoms with Gasteiger partial charge in [-0.05, 0) is 20.3 Å². The van der Waals surface area contributed by atoms with Crippen molar-refractivity contribution in [2.45, 2.75) is 32.2 Å². The van der Waals surface area contributed by atoms with Crippen LogP contribution in [0.1, 0.15) is 26.7 Å². The highest BCUT2D eigenvalue weighted by Crippen LogP contribution is 2.21. The van der Waals surface area contributed by atoms with E-state index in [4.69, 9.17) is 4.74 Å². The number of nitrogens with one attached hydrogen (secondary N) is 1. The summed E-state index contributed by atoms with van der Waals surface area (Å²) in [5.74, 6) is 1.28. The Kier molecular flexibility index (Phi) is 5.10. The number of ether oxygens (including phenoxy) is 1. The van der Waals surface area contributed by atoms with Gasteiger partial charge in [-0.2, -0.15) is 0 Å². The molecule has 0 aromatic rings. The first kappa shape index (κ1) is 14.7. The summed E-state index contributed by atoms with van der Waals surface area (Å²) in [6, 6.07) is 0. The molecule has 0 spiro atoms. The van der Waals surface area contributed by atoms with Crippen LogP contribution >= 0.6 is 11.8 Å². The Morgan fingerprint density at radius 2 is 2.21 bits per heavy atom. The fraction of sp³-hybridized carbons (Fsp3) is 0.846. The summed E-state index contributed by atoms with van der Waals surface area (Å²) >= 11 is 1.75. The third kappa shape index (κ3) is 4.69. The number of hydrogen-bond donors (Lipinski definition) is 1. The summed E-state index contributed by atoms with van der Waals surface area (Å²) in [5, 5.41) is 4.39. The molecule has 2 aliphatic rings. The van der Waals surface area contributed by atoms with Crippen LogP contribution in [0, 0.1) is 0 Å². The van der Waals surface area contributed by atoms with Gasteiger partial charge in [0.05, 0.1) is 19.8 Å². The molecule has 0 saturated carbocycles. The van der Waals surface area contributed by atoms with E-state index in [0.717, 1.165) is 30.4 Å². The van der Waals surface area contributed by atoms with Gasteiger partial charge in [-0.25, -0.2) is 0 Å². The summed E-state index contributed by atoms with van der Waals surface area (Å²) in [7, 11) is 0. The van der Waals surface area contributed by atoms with Gasteiger partial charge in [0.25, 0.3) is 0 Å². The molecule has 0 aliphatic carbocycles. The van der Waals surface area contributed by atoms with Crippen molar-refractivity contribution in [3.63, 3.8) is 0 Å². The molecule has 1 amide bonds. The first-order valence-corrected chi connectivity index (χ1v) is 7.86.